The molecule has 0 radical (unpaired) electrons. The molecule has 0 unspecified atom stereocenters. The lowest BCUT2D eigenvalue weighted by molar-refractivity contribution is 0.0949. The summed E-state index contributed by atoms with van der Waals surface area (Å²) in [4.78, 5) is 15.2. The minimum absolute atomic E-state index is 0.0473. The molecule has 1 aromatic carbocycles. The first-order valence-electron chi connectivity index (χ1n) is 9.98. The van der Waals surface area contributed by atoms with Crippen molar-refractivity contribution in [3.05, 3.63) is 29.3 Å². The molecule has 2 N–H and O–H groups in total. The number of piperidine rings is 1. The molecule has 1 saturated carbocycles. The fourth-order valence-electron chi connectivity index (χ4n) is 3.59. The highest BCUT2D eigenvalue weighted by Crippen LogP contribution is 2.23. The summed E-state index contributed by atoms with van der Waals surface area (Å²) in [5, 5.41) is 2.94. The molecule has 1 aromatic rings. The van der Waals surface area contributed by atoms with Gasteiger partial charge in [-0.1, -0.05) is 13.0 Å². The molecule has 0 aromatic heterocycles. The topological polar surface area (TPSA) is 78.5 Å². The summed E-state index contributed by atoms with van der Waals surface area (Å²) in [6.07, 6.45) is 5.23. The zero-order valence-electron chi connectivity index (χ0n) is 16.3. The molecule has 150 valence electrons. The van der Waals surface area contributed by atoms with Gasteiger partial charge in [-0.3, -0.25) is 4.79 Å². The van der Waals surface area contributed by atoms with Gasteiger partial charge in [-0.15, -0.1) is 0 Å². The van der Waals surface area contributed by atoms with E-state index in [2.05, 4.69) is 21.9 Å². The molecule has 3 rings (SSSR count). The van der Waals surface area contributed by atoms with Crippen molar-refractivity contribution in [2.24, 2.45) is 5.92 Å². The van der Waals surface area contributed by atoms with E-state index in [1.807, 2.05) is 6.92 Å². The summed E-state index contributed by atoms with van der Waals surface area (Å²) in [5.41, 5.74) is 1.21. The van der Waals surface area contributed by atoms with Crippen LogP contribution in [-0.4, -0.2) is 51.4 Å². The van der Waals surface area contributed by atoms with Gasteiger partial charge in [0.15, 0.2) is 0 Å². The molecular weight excluding hydrogens is 362 g/mol. The van der Waals surface area contributed by atoms with Gasteiger partial charge in [0.2, 0.25) is 10.0 Å². The second-order valence-corrected chi connectivity index (χ2v) is 9.74. The Kier molecular flexibility index (Phi) is 6.55. The molecular formula is C20H31N3O3S. The number of carbonyl (C=O) groups is 1. The quantitative estimate of drug-likeness (QED) is 0.664. The number of benzene rings is 1. The van der Waals surface area contributed by atoms with Gasteiger partial charge in [-0.05, 0) is 75.7 Å². The lowest BCUT2D eigenvalue weighted by Crippen LogP contribution is -2.36. The highest BCUT2D eigenvalue weighted by atomic mass is 32.2. The van der Waals surface area contributed by atoms with Crippen LogP contribution in [-0.2, 0) is 10.0 Å². The molecule has 1 atom stereocenters. The molecule has 27 heavy (non-hydrogen) atoms. The number of nitrogens with one attached hydrogen (secondary N) is 2. The Balaban J connectivity index is 1.53. The molecule has 1 saturated heterocycles. The Morgan fingerprint density at radius 1 is 1.26 bits per heavy atom. The van der Waals surface area contributed by atoms with Gasteiger partial charge in [0.25, 0.3) is 5.91 Å². The van der Waals surface area contributed by atoms with Crippen LogP contribution in [0.4, 0.5) is 0 Å². The van der Waals surface area contributed by atoms with E-state index in [0.29, 0.717) is 12.1 Å². The van der Waals surface area contributed by atoms with Crippen LogP contribution >= 0.6 is 0 Å². The fraction of sp³-hybridized carbons (Fsp3) is 0.650. The van der Waals surface area contributed by atoms with Crippen LogP contribution in [0.3, 0.4) is 0 Å². The van der Waals surface area contributed by atoms with Crippen LogP contribution < -0.4 is 10.0 Å². The first-order valence-corrected chi connectivity index (χ1v) is 11.5. The molecule has 7 heteroatoms. The van der Waals surface area contributed by atoms with Crippen molar-refractivity contribution >= 4 is 15.9 Å². The third kappa shape index (κ3) is 5.77. The Morgan fingerprint density at radius 2 is 2.04 bits per heavy atom. The maximum Gasteiger partial charge on any atom is 0.251 e. The molecule has 6 nitrogen and oxygen atoms in total. The smallest absolute Gasteiger partial charge is 0.251 e. The molecule has 1 amide bonds. The zero-order chi connectivity index (χ0) is 19.4. The number of carbonyl (C=O) groups excluding carboxylic acids is 1. The molecule has 0 spiro atoms. The average molecular weight is 394 g/mol. The Bertz CT molecular complexity index is 775. The van der Waals surface area contributed by atoms with E-state index in [0.717, 1.165) is 50.4 Å². The highest BCUT2D eigenvalue weighted by Gasteiger charge is 2.28. The maximum atomic E-state index is 12.5. The largest absolute Gasteiger partial charge is 0.352 e. The molecule has 0 bridgehead atoms. The number of aryl methyl sites for hydroxylation is 1. The lowest BCUT2D eigenvalue weighted by Gasteiger charge is -2.30. The van der Waals surface area contributed by atoms with Crippen LogP contribution in [0.25, 0.3) is 0 Å². The second-order valence-electron chi connectivity index (χ2n) is 8.03. The van der Waals surface area contributed by atoms with Crippen LogP contribution in [0.5, 0.6) is 0 Å². The minimum atomic E-state index is -3.55. The summed E-state index contributed by atoms with van der Waals surface area (Å²) >= 11 is 0. The van der Waals surface area contributed by atoms with Crippen molar-refractivity contribution in [1.29, 1.82) is 0 Å². The highest BCUT2D eigenvalue weighted by molar-refractivity contribution is 7.89. The van der Waals surface area contributed by atoms with Crippen LogP contribution in [0, 0.1) is 12.8 Å². The first kappa shape index (κ1) is 20.3. The summed E-state index contributed by atoms with van der Waals surface area (Å²) in [7, 11) is -3.55. The molecule has 1 aliphatic carbocycles. The van der Waals surface area contributed by atoms with Gasteiger partial charge >= 0.3 is 0 Å². The third-order valence-corrected chi connectivity index (χ3v) is 6.86. The van der Waals surface area contributed by atoms with Gasteiger partial charge in [-0.2, -0.15) is 0 Å². The summed E-state index contributed by atoms with van der Waals surface area (Å²) in [6, 6.07) is 4.80. The number of amides is 1. The zero-order valence-corrected chi connectivity index (χ0v) is 17.1. The summed E-state index contributed by atoms with van der Waals surface area (Å²) in [5.74, 6) is 0.549. The van der Waals surface area contributed by atoms with E-state index in [1.165, 1.54) is 18.9 Å². The van der Waals surface area contributed by atoms with E-state index >= 15 is 0 Å². The second kappa shape index (κ2) is 8.71. The van der Waals surface area contributed by atoms with Crippen molar-refractivity contribution in [2.75, 3.05) is 26.2 Å². The predicted octanol–water partition coefficient (Wildman–Crippen LogP) is 2.29. The van der Waals surface area contributed by atoms with E-state index in [9.17, 15) is 13.2 Å². The van der Waals surface area contributed by atoms with Crippen molar-refractivity contribution in [1.82, 2.24) is 14.9 Å². The standard InChI is InChI=1S/C20H31N3O3S/c1-15-5-3-11-23(14-15)12-4-10-21-20(24)19-13-18(9-6-16(19)2)27(25,26)22-17-7-8-17/h6,9,13,15,17,22H,3-5,7-8,10-12,14H2,1-2H3,(H,21,24)/t15-/m0/s1. The van der Waals surface area contributed by atoms with Gasteiger partial charge in [0, 0.05) is 24.7 Å². The van der Waals surface area contributed by atoms with Gasteiger partial charge in [-0.25, -0.2) is 13.1 Å². The fourth-order valence-corrected chi connectivity index (χ4v) is 4.92. The van der Waals surface area contributed by atoms with Gasteiger partial charge < -0.3 is 10.2 Å². The van der Waals surface area contributed by atoms with Crippen molar-refractivity contribution < 1.29 is 13.2 Å². The number of likely N-dealkylation sites (tertiary alicyclic amines) is 1. The van der Waals surface area contributed by atoms with E-state index < -0.39 is 10.0 Å². The molecule has 1 heterocycles. The Morgan fingerprint density at radius 3 is 2.74 bits per heavy atom. The van der Waals surface area contributed by atoms with E-state index in [1.54, 1.807) is 12.1 Å². The van der Waals surface area contributed by atoms with E-state index in [-0.39, 0.29) is 16.8 Å². The first-order chi connectivity index (χ1) is 12.8. The van der Waals surface area contributed by atoms with Crippen molar-refractivity contribution in [3.63, 3.8) is 0 Å². The molecule has 2 fully saturated rings. The average Bonchev–Trinajstić information content (AvgIpc) is 3.42. The number of hydrogen-bond acceptors (Lipinski definition) is 4. The summed E-state index contributed by atoms with van der Waals surface area (Å²) < 4.78 is 27.4. The number of rotatable bonds is 8. The number of sulfonamides is 1. The predicted molar refractivity (Wildman–Crippen MR) is 106 cm³/mol. The Labute approximate surface area is 162 Å². The lowest BCUT2D eigenvalue weighted by atomic mass is 10.0. The van der Waals surface area contributed by atoms with Crippen LogP contribution in [0.1, 0.15) is 54.9 Å². The van der Waals surface area contributed by atoms with Crippen molar-refractivity contribution in [3.8, 4) is 0 Å². The third-order valence-electron chi connectivity index (χ3n) is 5.34. The summed E-state index contributed by atoms with van der Waals surface area (Å²) in [6.45, 7) is 7.99. The van der Waals surface area contributed by atoms with Crippen molar-refractivity contribution in [2.45, 2.75) is 56.9 Å². The SMILES string of the molecule is Cc1ccc(S(=O)(=O)NC2CC2)cc1C(=O)NCCCN1CCC[C@H](C)C1. The normalized spacial score (nSPS) is 21.2. The number of hydrogen-bond donors (Lipinski definition) is 2. The molecule has 2 aliphatic rings. The number of nitrogens with zero attached hydrogens (tertiary/aromatic N) is 1. The molecule has 1 aliphatic heterocycles. The van der Waals surface area contributed by atoms with E-state index in [4.69, 9.17) is 0 Å². The maximum absolute atomic E-state index is 12.5. The van der Waals surface area contributed by atoms with Gasteiger partial charge in [0.1, 0.15) is 0 Å². The Hall–Kier alpha value is -1.44. The van der Waals surface area contributed by atoms with Crippen LogP contribution in [0.2, 0.25) is 0 Å². The van der Waals surface area contributed by atoms with Crippen LogP contribution in [0.15, 0.2) is 23.1 Å². The van der Waals surface area contributed by atoms with Gasteiger partial charge in [0.05, 0.1) is 4.90 Å². The monoisotopic (exact) mass is 393 g/mol. The minimum Gasteiger partial charge on any atom is -0.352 e.